The Balaban J connectivity index is 2.44. The molecule has 0 unspecified atom stereocenters. The van der Waals surface area contributed by atoms with E-state index < -0.39 is 0 Å². The van der Waals surface area contributed by atoms with Gasteiger partial charge in [0.05, 0.1) is 6.54 Å². The smallest absolute Gasteiger partial charge is 0.208 e. The van der Waals surface area contributed by atoms with Crippen LogP contribution in [-0.2, 0) is 6.54 Å². The first-order valence-corrected chi connectivity index (χ1v) is 5.00. The lowest BCUT2D eigenvalue weighted by molar-refractivity contribution is 0.498. The van der Waals surface area contributed by atoms with E-state index in [2.05, 4.69) is 20.9 Å². The fourth-order valence-corrected chi connectivity index (χ4v) is 1.69. The van der Waals surface area contributed by atoms with E-state index in [1.165, 1.54) is 0 Å². The van der Waals surface area contributed by atoms with Crippen LogP contribution in [0, 0.1) is 0 Å². The summed E-state index contributed by atoms with van der Waals surface area (Å²) >= 11 is 3.45. The highest BCUT2D eigenvalue weighted by Gasteiger charge is 2.07. The second-order valence-corrected chi connectivity index (χ2v) is 3.66. The summed E-state index contributed by atoms with van der Waals surface area (Å²) in [6.45, 7) is 0.324. The van der Waals surface area contributed by atoms with Crippen LogP contribution < -0.4 is 5.73 Å². The number of nitrogens with zero attached hydrogens (tertiary/aromatic N) is 1. The molecule has 0 saturated heterocycles. The molecule has 0 bridgehead atoms. The van der Waals surface area contributed by atoms with Gasteiger partial charge >= 0.3 is 0 Å². The van der Waals surface area contributed by atoms with Crippen LogP contribution in [0.1, 0.15) is 5.89 Å². The van der Waals surface area contributed by atoms with Gasteiger partial charge in [0.15, 0.2) is 0 Å². The number of hydrogen-bond acceptors (Lipinski definition) is 3. The summed E-state index contributed by atoms with van der Waals surface area (Å²) in [5.74, 6) is 0.552. The molecule has 0 atom stereocenters. The first kappa shape index (κ1) is 9.43. The second kappa shape index (κ2) is 3.94. The molecule has 2 N–H and O–H groups in total. The van der Waals surface area contributed by atoms with E-state index in [1.807, 2.05) is 24.3 Å². The van der Waals surface area contributed by atoms with Gasteiger partial charge in [-0.3, -0.25) is 0 Å². The third kappa shape index (κ3) is 1.71. The SMILES string of the molecule is NCc1nc(-c2ccccc2Br)co1. The van der Waals surface area contributed by atoms with Crippen LogP contribution in [0.3, 0.4) is 0 Å². The van der Waals surface area contributed by atoms with Crippen molar-refractivity contribution in [1.29, 1.82) is 0 Å². The van der Waals surface area contributed by atoms with Crippen LogP contribution >= 0.6 is 15.9 Å². The Hall–Kier alpha value is -1.13. The number of hydrogen-bond donors (Lipinski definition) is 1. The molecule has 0 aliphatic heterocycles. The molecule has 0 aliphatic rings. The van der Waals surface area contributed by atoms with Gasteiger partial charge in [-0.25, -0.2) is 4.98 Å². The summed E-state index contributed by atoms with van der Waals surface area (Å²) in [7, 11) is 0. The van der Waals surface area contributed by atoms with E-state index in [0.717, 1.165) is 15.7 Å². The second-order valence-electron chi connectivity index (χ2n) is 2.81. The highest BCUT2D eigenvalue weighted by Crippen LogP contribution is 2.26. The predicted octanol–water partition coefficient (Wildman–Crippen LogP) is 2.56. The zero-order valence-electron chi connectivity index (χ0n) is 7.40. The molecule has 2 rings (SSSR count). The van der Waals surface area contributed by atoms with Crippen LogP contribution in [0.25, 0.3) is 11.3 Å². The molecule has 0 aliphatic carbocycles. The Kier molecular flexibility index (Phi) is 2.65. The van der Waals surface area contributed by atoms with Crippen LogP contribution in [0.4, 0.5) is 0 Å². The topological polar surface area (TPSA) is 52.0 Å². The maximum Gasteiger partial charge on any atom is 0.208 e. The first-order chi connectivity index (χ1) is 6.81. The minimum absolute atomic E-state index is 0.324. The zero-order chi connectivity index (χ0) is 9.97. The molecule has 0 radical (unpaired) electrons. The Morgan fingerprint density at radius 2 is 2.14 bits per heavy atom. The average Bonchev–Trinajstić information content (AvgIpc) is 2.67. The van der Waals surface area contributed by atoms with Crippen molar-refractivity contribution in [3.63, 3.8) is 0 Å². The number of rotatable bonds is 2. The first-order valence-electron chi connectivity index (χ1n) is 4.20. The van der Waals surface area contributed by atoms with E-state index in [4.69, 9.17) is 10.2 Å². The number of halogens is 1. The number of nitrogens with two attached hydrogens (primary N) is 1. The lowest BCUT2D eigenvalue weighted by Gasteiger charge is -1.97. The number of aromatic nitrogens is 1. The van der Waals surface area contributed by atoms with Gasteiger partial charge < -0.3 is 10.2 Å². The lowest BCUT2D eigenvalue weighted by atomic mass is 10.2. The van der Waals surface area contributed by atoms with Crippen LogP contribution in [0.15, 0.2) is 39.4 Å². The van der Waals surface area contributed by atoms with E-state index >= 15 is 0 Å². The molecule has 2 aromatic rings. The van der Waals surface area contributed by atoms with E-state index in [-0.39, 0.29) is 0 Å². The number of benzene rings is 1. The molecular weight excluding hydrogens is 244 g/mol. The van der Waals surface area contributed by atoms with Crippen molar-refractivity contribution in [3.8, 4) is 11.3 Å². The molecule has 4 heteroatoms. The normalized spacial score (nSPS) is 10.4. The minimum atomic E-state index is 0.324. The van der Waals surface area contributed by atoms with Crippen molar-refractivity contribution in [2.75, 3.05) is 0 Å². The minimum Gasteiger partial charge on any atom is -0.447 e. The molecule has 72 valence electrons. The monoisotopic (exact) mass is 252 g/mol. The van der Waals surface area contributed by atoms with Crippen molar-refractivity contribution in [2.45, 2.75) is 6.54 Å². The van der Waals surface area contributed by atoms with Crippen molar-refractivity contribution in [2.24, 2.45) is 5.73 Å². The van der Waals surface area contributed by atoms with Gasteiger partial charge in [0, 0.05) is 10.0 Å². The van der Waals surface area contributed by atoms with Gasteiger partial charge in [0.1, 0.15) is 12.0 Å². The summed E-state index contributed by atoms with van der Waals surface area (Å²) < 4.78 is 6.16. The predicted molar refractivity (Wildman–Crippen MR) is 57.5 cm³/mol. The van der Waals surface area contributed by atoms with E-state index in [1.54, 1.807) is 6.26 Å². The molecule has 14 heavy (non-hydrogen) atoms. The quantitative estimate of drug-likeness (QED) is 0.894. The van der Waals surface area contributed by atoms with Crippen LogP contribution in [0.2, 0.25) is 0 Å². The third-order valence-electron chi connectivity index (χ3n) is 1.88. The van der Waals surface area contributed by atoms with Crippen molar-refractivity contribution < 1.29 is 4.42 Å². The summed E-state index contributed by atoms with van der Waals surface area (Å²) in [5, 5.41) is 0. The molecule has 1 aromatic heterocycles. The van der Waals surface area contributed by atoms with Gasteiger partial charge in [0.25, 0.3) is 0 Å². The van der Waals surface area contributed by atoms with Crippen molar-refractivity contribution in [1.82, 2.24) is 4.98 Å². The standard InChI is InChI=1S/C10H9BrN2O/c11-8-4-2-1-3-7(8)9-6-14-10(5-12)13-9/h1-4,6H,5,12H2. The van der Waals surface area contributed by atoms with Gasteiger partial charge in [-0.15, -0.1) is 0 Å². The summed E-state index contributed by atoms with van der Waals surface area (Å²) in [4.78, 5) is 4.24. The Labute approximate surface area is 90.1 Å². The summed E-state index contributed by atoms with van der Waals surface area (Å²) in [6.07, 6.45) is 1.61. The fraction of sp³-hybridized carbons (Fsp3) is 0.100. The average molecular weight is 253 g/mol. The fourth-order valence-electron chi connectivity index (χ4n) is 1.20. The van der Waals surface area contributed by atoms with Gasteiger partial charge in [0.2, 0.25) is 5.89 Å². The molecule has 0 saturated carbocycles. The van der Waals surface area contributed by atoms with Gasteiger partial charge in [-0.2, -0.15) is 0 Å². The Morgan fingerprint density at radius 3 is 2.79 bits per heavy atom. The highest BCUT2D eigenvalue weighted by molar-refractivity contribution is 9.10. The lowest BCUT2D eigenvalue weighted by Crippen LogP contribution is -1.95. The highest BCUT2D eigenvalue weighted by atomic mass is 79.9. The zero-order valence-corrected chi connectivity index (χ0v) is 8.99. The summed E-state index contributed by atoms with van der Waals surface area (Å²) in [5.41, 5.74) is 7.23. The van der Waals surface area contributed by atoms with Crippen molar-refractivity contribution in [3.05, 3.63) is 40.9 Å². The van der Waals surface area contributed by atoms with E-state index in [0.29, 0.717) is 12.4 Å². The van der Waals surface area contributed by atoms with E-state index in [9.17, 15) is 0 Å². The molecule has 0 fully saturated rings. The van der Waals surface area contributed by atoms with Crippen LogP contribution in [0.5, 0.6) is 0 Å². The molecule has 1 aromatic carbocycles. The van der Waals surface area contributed by atoms with Crippen LogP contribution in [-0.4, -0.2) is 4.98 Å². The Bertz CT molecular complexity index is 439. The maximum absolute atomic E-state index is 5.41. The van der Waals surface area contributed by atoms with Gasteiger partial charge in [-0.1, -0.05) is 34.1 Å². The third-order valence-corrected chi connectivity index (χ3v) is 2.57. The largest absolute Gasteiger partial charge is 0.447 e. The molecule has 0 spiro atoms. The molecule has 1 heterocycles. The molecule has 0 amide bonds. The Morgan fingerprint density at radius 1 is 1.36 bits per heavy atom. The maximum atomic E-state index is 5.41. The molecular formula is C10H9BrN2O. The molecule has 3 nitrogen and oxygen atoms in total. The number of oxazole rings is 1. The van der Waals surface area contributed by atoms with Crippen molar-refractivity contribution >= 4 is 15.9 Å². The summed E-state index contributed by atoms with van der Waals surface area (Å²) in [6, 6.07) is 7.85. The van der Waals surface area contributed by atoms with Gasteiger partial charge in [-0.05, 0) is 6.07 Å².